The Labute approximate surface area is 95.2 Å². The van der Waals surface area contributed by atoms with E-state index in [1.165, 1.54) is 0 Å². The maximum absolute atomic E-state index is 11.4. The normalized spacial score (nSPS) is 9.88. The number of urea groups is 1. The fourth-order valence-electron chi connectivity index (χ4n) is 1.17. The molecular weight excluding hydrogens is 206 g/mol. The highest BCUT2D eigenvalue weighted by atomic mass is 16.5. The lowest BCUT2D eigenvalue weighted by atomic mass is 10.3. The molecular formula is C11H17N3O2. The number of nitrogens with zero attached hydrogens (tertiary/aromatic N) is 1. The quantitative estimate of drug-likeness (QED) is 0.742. The molecule has 1 aromatic rings. The van der Waals surface area contributed by atoms with Gasteiger partial charge in [0.15, 0.2) is 0 Å². The number of rotatable bonds is 5. The number of aryl methyl sites for hydroxylation is 1. The second-order valence-electron chi connectivity index (χ2n) is 3.24. The van der Waals surface area contributed by atoms with Crippen molar-refractivity contribution in [3.63, 3.8) is 0 Å². The Kier molecular flexibility index (Phi) is 5.28. The van der Waals surface area contributed by atoms with E-state index in [0.29, 0.717) is 19.0 Å². The summed E-state index contributed by atoms with van der Waals surface area (Å²) in [5.41, 5.74) is 0.953. The summed E-state index contributed by atoms with van der Waals surface area (Å²) < 4.78 is 4.82. The van der Waals surface area contributed by atoms with Gasteiger partial charge in [-0.1, -0.05) is 13.0 Å². The summed E-state index contributed by atoms with van der Waals surface area (Å²) in [6, 6.07) is 5.29. The van der Waals surface area contributed by atoms with E-state index in [0.717, 1.165) is 12.1 Å². The largest absolute Gasteiger partial charge is 0.383 e. The minimum Gasteiger partial charge on any atom is -0.383 e. The number of ether oxygens (including phenoxy) is 1. The molecule has 0 unspecified atom stereocenters. The van der Waals surface area contributed by atoms with Gasteiger partial charge < -0.3 is 10.1 Å². The van der Waals surface area contributed by atoms with Crippen LogP contribution in [0.15, 0.2) is 18.2 Å². The van der Waals surface area contributed by atoms with Crippen molar-refractivity contribution in [3.05, 3.63) is 23.9 Å². The summed E-state index contributed by atoms with van der Waals surface area (Å²) in [6.07, 6.45) is 0.848. The summed E-state index contributed by atoms with van der Waals surface area (Å²) in [5, 5.41) is 5.31. The molecule has 0 bridgehead atoms. The number of amides is 2. The lowest BCUT2D eigenvalue weighted by Crippen LogP contribution is -2.31. The lowest BCUT2D eigenvalue weighted by Gasteiger charge is -2.07. The van der Waals surface area contributed by atoms with Gasteiger partial charge in [-0.05, 0) is 18.6 Å². The van der Waals surface area contributed by atoms with Gasteiger partial charge in [-0.15, -0.1) is 0 Å². The van der Waals surface area contributed by atoms with Crippen LogP contribution in [0.5, 0.6) is 0 Å². The third-order valence-corrected chi connectivity index (χ3v) is 2.00. The number of methoxy groups -OCH3 is 1. The van der Waals surface area contributed by atoms with Crippen LogP contribution in [0.4, 0.5) is 10.6 Å². The van der Waals surface area contributed by atoms with Crippen LogP contribution in [0, 0.1) is 0 Å². The average Bonchev–Trinajstić information content (AvgIpc) is 2.29. The van der Waals surface area contributed by atoms with Gasteiger partial charge in [0.25, 0.3) is 0 Å². The van der Waals surface area contributed by atoms with Crippen LogP contribution < -0.4 is 10.6 Å². The first kappa shape index (κ1) is 12.4. The van der Waals surface area contributed by atoms with Crippen LogP contribution in [-0.2, 0) is 11.2 Å². The summed E-state index contributed by atoms with van der Waals surface area (Å²) in [5.74, 6) is 0.564. The molecule has 0 radical (unpaired) electrons. The highest BCUT2D eigenvalue weighted by Gasteiger charge is 2.01. The Morgan fingerprint density at radius 2 is 2.31 bits per heavy atom. The Morgan fingerprint density at radius 1 is 1.50 bits per heavy atom. The van der Waals surface area contributed by atoms with Crippen LogP contribution in [0.25, 0.3) is 0 Å². The van der Waals surface area contributed by atoms with E-state index in [4.69, 9.17) is 4.74 Å². The van der Waals surface area contributed by atoms with Gasteiger partial charge in [-0.3, -0.25) is 5.32 Å². The van der Waals surface area contributed by atoms with Gasteiger partial charge in [0.1, 0.15) is 5.82 Å². The van der Waals surface area contributed by atoms with Gasteiger partial charge >= 0.3 is 6.03 Å². The molecule has 0 spiro atoms. The maximum atomic E-state index is 11.4. The predicted octanol–water partition coefficient (Wildman–Crippen LogP) is 1.41. The van der Waals surface area contributed by atoms with Crippen molar-refractivity contribution in [1.29, 1.82) is 0 Å². The molecule has 16 heavy (non-hydrogen) atoms. The zero-order chi connectivity index (χ0) is 11.8. The van der Waals surface area contributed by atoms with Crippen molar-refractivity contribution in [1.82, 2.24) is 10.3 Å². The summed E-state index contributed by atoms with van der Waals surface area (Å²) in [7, 11) is 1.59. The lowest BCUT2D eigenvalue weighted by molar-refractivity contribution is 0.198. The van der Waals surface area contributed by atoms with E-state index in [1.54, 1.807) is 13.2 Å². The number of hydrogen-bond donors (Lipinski definition) is 2. The van der Waals surface area contributed by atoms with Crippen molar-refractivity contribution in [2.24, 2.45) is 0 Å². The number of anilines is 1. The van der Waals surface area contributed by atoms with Crippen molar-refractivity contribution < 1.29 is 9.53 Å². The summed E-state index contributed by atoms with van der Waals surface area (Å²) in [6.45, 7) is 3.00. The number of aromatic nitrogens is 1. The molecule has 0 aromatic carbocycles. The van der Waals surface area contributed by atoms with Gasteiger partial charge in [-0.2, -0.15) is 0 Å². The summed E-state index contributed by atoms with van der Waals surface area (Å²) in [4.78, 5) is 15.6. The molecule has 5 nitrogen and oxygen atoms in total. The Bertz CT molecular complexity index is 342. The summed E-state index contributed by atoms with van der Waals surface area (Å²) >= 11 is 0. The van der Waals surface area contributed by atoms with Gasteiger partial charge in [0, 0.05) is 19.3 Å². The molecule has 0 saturated heterocycles. The molecule has 1 rings (SSSR count). The van der Waals surface area contributed by atoms with Crippen LogP contribution >= 0.6 is 0 Å². The van der Waals surface area contributed by atoms with E-state index in [-0.39, 0.29) is 6.03 Å². The molecule has 0 fully saturated rings. The highest BCUT2D eigenvalue weighted by Crippen LogP contribution is 2.04. The van der Waals surface area contributed by atoms with E-state index >= 15 is 0 Å². The van der Waals surface area contributed by atoms with E-state index < -0.39 is 0 Å². The van der Waals surface area contributed by atoms with Crippen LogP contribution in [0.3, 0.4) is 0 Å². The highest BCUT2D eigenvalue weighted by molar-refractivity contribution is 5.88. The Hall–Kier alpha value is -1.62. The molecule has 0 atom stereocenters. The molecule has 0 aliphatic heterocycles. The standard InChI is InChI=1S/C11H17N3O2/c1-3-9-5-4-6-10(13-9)14-11(15)12-7-8-16-2/h4-6H,3,7-8H2,1-2H3,(H2,12,13,14,15). The zero-order valence-corrected chi connectivity index (χ0v) is 9.62. The van der Waals surface area contributed by atoms with Gasteiger partial charge in [-0.25, -0.2) is 9.78 Å². The van der Waals surface area contributed by atoms with E-state index in [9.17, 15) is 4.79 Å². The van der Waals surface area contributed by atoms with E-state index in [1.807, 2.05) is 19.1 Å². The second-order valence-corrected chi connectivity index (χ2v) is 3.24. The molecule has 0 aliphatic carbocycles. The van der Waals surface area contributed by atoms with Crippen molar-refractivity contribution in [2.75, 3.05) is 25.6 Å². The second kappa shape index (κ2) is 6.79. The first-order valence-electron chi connectivity index (χ1n) is 5.26. The van der Waals surface area contributed by atoms with E-state index in [2.05, 4.69) is 15.6 Å². The molecule has 2 N–H and O–H groups in total. The molecule has 0 saturated carbocycles. The minimum atomic E-state index is -0.266. The molecule has 0 aliphatic rings. The first-order chi connectivity index (χ1) is 7.76. The van der Waals surface area contributed by atoms with Crippen LogP contribution in [0.2, 0.25) is 0 Å². The molecule has 5 heteroatoms. The number of pyridine rings is 1. The Balaban J connectivity index is 2.43. The van der Waals surface area contributed by atoms with Crippen molar-refractivity contribution in [2.45, 2.75) is 13.3 Å². The fraction of sp³-hybridized carbons (Fsp3) is 0.455. The number of nitrogens with one attached hydrogen (secondary N) is 2. The minimum absolute atomic E-state index is 0.266. The number of carbonyl (C=O) groups is 1. The Morgan fingerprint density at radius 3 is 3.00 bits per heavy atom. The third kappa shape index (κ3) is 4.27. The maximum Gasteiger partial charge on any atom is 0.320 e. The van der Waals surface area contributed by atoms with Crippen LogP contribution in [0.1, 0.15) is 12.6 Å². The van der Waals surface area contributed by atoms with Gasteiger partial charge in [0.2, 0.25) is 0 Å². The molecule has 1 aromatic heterocycles. The van der Waals surface area contributed by atoms with Crippen LogP contribution in [-0.4, -0.2) is 31.3 Å². The number of hydrogen-bond acceptors (Lipinski definition) is 3. The monoisotopic (exact) mass is 223 g/mol. The molecule has 1 heterocycles. The third-order valence-electron chi connectivity index (χ3n) is 2.00. The average molecular weight is 223 g/mol. The van der Waals surface area contributed by atoms with Crippen molar-refractivity contribution >= 4 is 11.8 Å². The zero-order valence-electron chi connectivity index (χ0n) is 9.62. The predicted molar refractivity (Wildman–Crippen MR) is 62.5 cm³/mol. The number of carbonyl (C=O) groups excluding carboxylic acids is 1. The smallest absolute Gasteiger partial charge is 0.320 e. The fourth-order valence-corrected chi connectivity index (χ4v) is 1.17. The van der Waals surface area contributed by atoms with Crippen molar-refractivity contribution in [3.8, 4) is 0 Å². The first-order valence-corrected chi connectivity index (χ1v) is 5.26. The molecule has 2 amide bonds. The SMILES string of the molecule is CCc1cccc(NC(=O)NCCOC)n1. The topological polar surface area (TPSA) is 63.2 Å². The van der Waals surface area contributed by atoms with Gasteiger partial charge in [0.05, 0.1) is 6.61 Å². The molecule has 88 valence electrons.